The van der Waals surface area contributed by atoms with E-state index in [-0.39, 0.29) is 0 Å². The van der Waals surface area contributed by atoms with Gasteiger partial charge in [0.1, 0.15) is 0 Å². The van der Waals surface area contributed by atoms with Crippen LogP contribution >= 0.6 is 11.3 Å². The van der Waals surface area contributed by atoms with Gasteiger partial charge in [0, 0.05) is 31.1 Å². The second-order valence-corrected chi connectivity index (χ2v) is 9.14. The third-order valence-corrected chi connectivity index (χ3v) is 6.40. The first kappa shape index (κ1) is 22.8. The van der Waals surface area contributed by atoms with Crippen molar-refractivity contribution in [3.05, 3.63) is 16.6 Å². The second-order valence-electron chi connectivity index (χ2n) is 8.16. The summed E-state index contributed by atoms with van der Waals surface area (Å²) in [6.07, 6.45) is 10.1. The van der Waals surface area contributed by atoms with Crippen molar-refractivity contribution < 1.29 is 4.74 Å². The maximum absolute atomic E-state index is 5.10. The minimum atomic E-state index is 0.877. The Labute approximate surface area is 170 Å². The summed E-state index contributed by atoms with van der Waals surface area (Å²) in [5, 5.41) is 3.39. The molecule has 0 unspecified atom stereocenters. The monoisotopic (exact) mass is 396 g/mol. The molecule has 3 aliphatic rings. The summed E-state index contributed by atoms with van der Waals surface area (Å²) in [7, 11) is 6.52. The minimum Gasteiger partial charge on any atom is -0.379 e. The van der Waals surface area contributed by atoms with E-state index in [4.69, 9.17) is 4.74 Å². The normalized spacial score (nSPS) is 23.1. The molecule has 3 fully saturated rings. The zero-order valence-electron chi connectivity index (χ0n) is 17.7. The molecule has 5 nitrogen and oxygen atoms in total. The number of rotatable bonds is 2. The molecule has 0 saturated carbocycles. The highest BCUT2D eigenvalue weighted by Gasteiger charge is 2.17. The SMILES string of the molecule is CN1CCC(Cc2nccs2)CC1.CN1CCCCC1.CN1CCOCC1. The van der Waals surface area contributed by atoms with E-state index in [2.05, 4.69) is 46.2 Å². The van der Waals surface area contributed by atoms with E-state index >= 15 is 0 Å². The quantitative estimate of drug-likeness (QED) is 0.767. The molecule has 0 aliphatic carbocycles. The Kier molecular flexibility index (Phi) is 11.5. The molecule has 6 heteroatoms. The van der Waals surface area contributed by atoms with E-state index in [1.165, 1.54) is 69.7 Å². The number of hydrogen-bond acceptors (Lipinski definition) is 6. The maximum atomic E-state index is 5.10. The second kappa shape index (κ2) is 13.6. The predicted molar refractivity (Wildman–Crippen MR) is 116 cm³/mol. The number of likely N-dealkylation sites (tertiary alicyclic amines) is 2. The summed E-state index contributed by atoms with van der Waals surface area (Å²) in [6.45, 7) is 9.18. The summed E-state index contributed by atoms with van der Waals surface area (Å²) in [5.74, 6) is 0.877. The third-order valence-electron chi connectivity index (χ3n) is 5.60. The molecule has 27 heavy (non-hydrogen) atoms. The van der Waals surface area contributed by atoms with Crippen molar-refractivity contribution in [3.63, 3.8) is 0 Å². The summed E-state index contributed by atoms with van der Waals surface area (Å²) >= 11 is 1.79. The molecule has 0 N–H and O–H groups in total. The predicted octanol–water partition coefficient (Wildman–Crippen LogP) is 3.08. The zero-order valence-corrected chi connectivity index (χ0v) is 18.6. The Hall–Kier alpha value is -0.530. The lowest BCUT2D eigenvalue weighted by molar-refractivity contribution is 0.0503. The minimum absolute atomic E-state index is 0.877. The van der Waals surface area contributed by atoms with Gasteiger partial charge in [-0.05, 0) is 78.9 Å². The number of thiazole rings is 1. The van der Waals surface area contributed by atoms with Gasteiger partial charge in [0.25, 0.3) is 0 Å². The average Bonchev–Trinajstić information content (AvgIpc) is 3.19. The zero-order chi connectivity index (χ0) is 19.3. The highest BCUT2D eigenvalue weighted by atomic mass is 32.1. The van der Waals surface area contributed by atoms with Gasteiger partial charge < -0.3 is 19.4 Å². The van der Waals surface area contributed by atoms with Crippen molar-refractivity contribution in [1.82, 2.24) is 19.7 Å². The highest BCUT2D eigenvalue weighted by Crippen LogP contribution is 2.21. The Bertz CT molecular complexity index is 435. The number of morpholine rings is 1. The fourth-order valence-corrected chi connectivity index (χ4v) is 4.31. The van der Waals surface area contributed by atoms with E-state index in [1.807, 2.05) is 6.20 Å². The lowest BCUT2D eigenvalue weighted by Gasteiger charge is -2.28. The van der Waals surface area contributed by atoms with Gasteiger partial charge in [-0.1, -0.05) is 6.42 Å². The van der Waals surface area contributed by atoms with Crippen LogP contribution in [-0.2, 0) is 11.2 Å². The van der Waals surface area contributed by atoms with Crippen molar-refractivity contribution >= 4 is 11.3 Å². The standard InChI is InChI=1S/C10H16N2S.C6H13N.C5H11NO/c1-12-5-2-9(3-6-12)8-10-11-4-7-13-10;1-7-5-3-2-4-6-7;1-6-2-4-7-5-3-6/h4,7,9H,2-3,5-6,8H2,1H3;2-6H2,1H3;2-5H2,1H3. The van der Waals surface area contributed by atoms with Gasteiger partial charge in [-0.3, -0.25) is 0 Å². The molecule has 3 saturated heterocycles. The van der Waals surface area contributed by atoms with Gasteiger partial charge >= 0.3 is 0 Å². The van der Waals surface area contributed by atoms with Crippen LogP contribution < -0.4 is 0 Å². The molecular weight excluding hydrogens is 356 g/mol. The fraction of sp³-hybridized carbons (Fsp3) is 0.857. The van der Waals surface area contributed by atoms with E-state index in [0.29, 0.717) is 0 Å². The van der Waals surface area contributed by atoms with Crippen LogP contribution in [-0.4, -0.2) is 93.3 Å². The van der Waals surface area contributed by atoms with Crippen LogP contribution in [0.2, 0.25) is 0 Å². The van der Waals surface area contributed by atoms with Gasteiger partial charge in [0.15, 0.2) is 0 Å². The van der Waals surface area contributed by atoms with Gasteiger partial charge in [0.05, 0.1) is 18.2 Å². The first-order chi connectivity index (χ1) is 13.1. The average molecular weight is 397 g/mol. The first-order valence-corrected chi connectivity index (χ1v) is 11.5. The molecule has 0 radical (unpaired) electrons. The molecule has 0 aromatic carbocycles. The van der Waals surface area contributed by atoms with Crippen LogP contribution in [0.1, 0.15) is 37.1 Å². The number of ether oxygens (including phenoxy) is 1. The Morgan fingerprint density at radius 3 is 1.93 bits per heavy atom. The lowest BCUT2D eigenvalue weighted by Crippen LogP contribution is -2.32. The summed E-state index contributed by atoms with van der Waals surface area (Å²) in [6, 6.07) is 0. The molecule has 0 bridgehead atoms. The van der Waals surface area contributed by atoms with Crippen molar-refractivity contribution in [1.29, 1.82) is 0 Å². The molecule has 0 atom stereocenters. The van der Waals surface area contributed by atoms with Gasteiger partial charge in [0.2, 0.25) is 0 Å². The topological polar surface area (TPSA) is 31.8 Å². The molecule has 0 spiro atoms. The number of piperidine rings is 2. The fourth-order valence-electron chi connectivity index (χ4n) is 3.57. The molecule has 4 heterocycles. The van der Waals surface area contributed by atoms with Gasteiger partial charge in [-0.25, -0.2) is 4.98 Å². The van der Waals surface area contributed by atoms with Crippen molar-refractivity contribution in [2.75, 3.05) is 73.6 Å². The van der Waals surface area contributed by atoms with Gasteiger partial charge in [-0.2, -0.15) is 0 Å². The van der Waals surface area contributed by atoms with Crippen LogP contribution in [0.15, 0.2) is 11.6 Å². The largest absolute Gasteiger partial charge is 0.379 e. The molecule has 1 aromatic heterocycles. The van der Waals surface area contributed by atoms with Crippen molar-refractivity contribution in [2.24, 2.45) is 5.92 Å². The number of hydrogen-bond donors (Lipinski definition) is 0. The third kappa shape index (κ3) is 10.5. The highest BCUT2D eigenvalue weighted by molar-refractivity contribution is 7.09. The number of aromatic nitrogens is 1. The van der Waals surface area contributed by atoms with E-state index < -0.39 is 0 Å². The van der Waals surface area contributed by atoms with E-state index in [1.54, 1.807) is 11.3 Å². The van der Waals surface area contributed by atoms with Crippen molar-refractivity contribution in [2.45, 2.75) is 38.5 Å². The molecule has 0 amide bonds. The van der Waals surface area contributed by atoms with E-state index in [9.17, 15) is 0 Å². The first-order valence-electron chi connectivity index (χ1n) is 10.6. The molecule has 3 aliphatic heterocycles. The lowest BCUT2D eigenvalue weighted by atomic mass is 9.94. The van der Waals surface area contributed by atoms with Crippen LogP contribution in [0.25, 0.3) is 0 Å². The van der Waals surface area contributed by atoms with Crippen molar-refractivity contribution in [3.8, 4) is 0 Å². The number of nitrogens with zero attached hydrogens (tertiary/aromatic N) is 4. The van der Waals surface area contributed by atoms with Crippen LogP contribution in [0.3, 0.4) is 0 Å². The summed E-state index contributed by atoms with van der Waals surface area (Å²) in [4.78, 5) is 11.4. The Morgan fingerprint density at radius 2 is 1.48 bits per heavy atom. The molecule has 4 rings (SSSR count). The number of likely N-dealkylation sites (N-methyl/N-ethyl adjacent to an activating group) is 1. The molecule has 156 valence electrons. The summed E-state index contributed by atoms with van der Waals surface area (Å²) in [5.41, 5.74) is 0. The summed E-state index contributed by atoms with van der Waals surface area (Å²) < 4.78 is 5.10. The molecular formula is C21H40N4OS. The van der Waals surface area contributed by atoms with Crippen LogP contribution in [0.5, 0.6) is 0 Å². The smallest absolute Gasteiger partial charge is 0.0927 e. The van der Waals surface area contributed by atoms with Crippen LogP contribution in [0.4, 0.5) is 0 Å². The van der Waals surface area contributed by atoms with Gasteiger partial charge in [-0.15, -0.1) is 11.3 Å². The van der Waals surface area contributed by atoms with E-state index in [0.717, 1.165) is 32.2 Å². The molecule has 1 aromatic rings. The maximum Gasteiger partial charge on any atom is 0.0927 e. The van der Waals surface area contributed by atoms with Crippen LogP contribution in [0, 0.1) is 5.92 Å². The Balaban J connectivity index is 0.000000159. The Morgan fingerprint density at radius 1 is 0.889 bits per heavy atom.